The van der Waals surface area contributed by atoms with Crippen LogP contribution in [0.15, 0.2) is 54.9 Å². The van der Waals surface area contributed by atoms with Gasteiger partial charge in [-0.3, -0.25) is 9.59 Å². The zero-order chi connectivity index (χ0) is 26.4. The lowest BCUT2D eigenvalue weighted by atomic mass is 9.85. The van der Waals surface area contributed by atoms with Crippen molar-refractivity contribution in [3.8, 4) is 0 Å². The number of benzene rings is 2. The van der Waals surface area contributed by atoms with Crippen molar-refractivity contribution in [2.45, 2.75) is 44.2 Å². The van der Waals surface area contributed by atoms with Gasteiger partial charge in [0.15, 0.2) is 5.95 Å². The number of carboxylic acid groups (broad SMARTS) is 1. The molecule has 1 atom stereocenters. The summed E-state index contributed by atoms with van der Waals surface area (Å²) < 4.78 is 0. The van der Waals surface area contributed by atoms with Crippen LogP contribution in [0.3, 0.4) is 0 Å². The topological polar surface area (TPSA) is 136 Å². The van der Waals surface area contributed by atoms with Crippen LogP contribution in [0.4, 0.5) is 11.6 Å². The Morgan fingerprint density at radius 1 is 1.03 bits per heavy atom. The van der Waals surface area contributed by atoms with Crippen LogP contribution >= 0.6 is 23.2 Å². The van der Waals surface area contributed by atoms with E-state index in [1.165, 1.54) is 12.1 Å². The summed E-state index contributed by atoms with van der Waals surface area (Å²) in [6.07, 6.45) is 6.81. The molecule has 2 aromatic carbocycles. The molecule has 37 heavy (non-hydrogen) atoms. The van der Waals surface area contributed by atoms with Gasteiger partial charge < -0.3 is 26.0 Å². The molecule has 0 aliphatic heterocycles. The highest BCUT2D eigenvalue weighted by molar-refractivity contribution is 6.39. The molecule has 2 amide bonds. The molecule has 0 radical (unpaired) electrons. The zero-order valence-electron chi connectivity index (χ0n) is 19.8. The van der Waals surface area contributed by atoms with Gasteiger partial charge in [-0.15, -0.1) is 0 Å². The average molecular weight is 544 g/mol. The summed E-state index contributed by atoms with van der Waals surface area (Å²) in [6.45, 7) is 0. The van der Waals surface area contributed by atoms with Crippen LogP contribution < -0.4 is 16.0 Å². The minimum Gasteiger partial charge on any atom is -0.480 e. The Morgan fingerprint density at radius 3 is 2.30 bits per heavy atom. The molecule has 0 spiro atoms. The number of carboxylic acids is 1. The molecule has 1 aliphatic carbocycles. The predicted molar refractivity (Wildman–Crippen MR) is 142 cm³/mol. The number of rotatable bonds is 9. The van der Waals surface area contributed by atoms with Gasteiger partial charge in [-0.1, -0.05) is 41.4 Å². The number of amides is 2. The number of nitrogens with zero attached hydrogens (tertiary/aromatic N) is 1. The molecule has 1 heterocycles. The van der Waals surface area contributed by atoms with Crippen molar-refractivity contribution in [3.63, 3.8) is 0 Å². The Balaban J connectivity index is 1.29. The molecule has 11 heteroatoms. The van der Waals surface area contributed by atoms with E-state index in [2.05, 4.69) is 25.9 Å². The molecule has 0 unspecified atom stereocenters. The van der Waals surface area contributed by atoms with Crippen molar-refractivity contribution < 1.29 is 19.5 Å². The molecule has 4 rings (SSSR count). The maximum absolute atomic E-state index is 12.8. The average Bonchev–Trinajstić information content (AvgIpc) is 3.38. The fourth-order valence-electron chi connectivity index (χ4n) is 4.39. The molecular weight excluding hydrogens is 517 g/mol. The lowest BCUT2D eigenvalue weighted by molar-refractivity contribution is -0.139. The quantitative estimate of drug-likeness (QED) is 0.264. The number of imidazole rings is 1. The summed E-state index contributed by atoms with van der Waals surface area (Å²) in [7, 11) is 0. The highest BCUT2D eigenvalue weighted by Gasteiger charge is 2.27. The van der Waals surface area contributed by atoms with Crippen molar-refractivity contribution >= 4 is 52.6 Å². The van der Waals surface area contributed by atoms with E-state index < -0.39 is 17.9 Å². The number of nitrogens with one attached hydrogen (secondary N) is 4. The first kappa shape index (κ1) is 26.5. The highest BCUT2D eigenvalue weighted by atomic mass is 35.5. The standard InChI is InChI=1S/C26H27Cl2N5O4/c27-19-2-1-3-20(28)22(19)24(35)33-21(25(36)37)14-15-4-8-17(9-5-15)31-23(34)16-6-10-18(11-7-16)32-26-29-12-13-30-26/h1-5,8-9,12-13,16,18,21H,6-7,10-11,14H2,(H,31,34)(H,33,35)(H,36,37)(H2,29,30,32)/t16?,18?,21-/m0/s1. The molecule has 1 aliphatic rings. The zero-order valence-corrected chi connectivity index (χ0v) is 21.4. The Bertz CT molecular complexity index is 1220. The van der Waals surface area contributed by atoms with E-state index >= 15 is 0 Å². The van der Waals surface area contributed by atoms with Crippen molar-refractivity contribution in [2.75, 3.05) is 10.6 Å². The third-order valence-electron chi connectivity index (χ3n) is 6.39. The number of aliphatic carboxylic acids is 1. The van der Waals surface area contributed by atoms with Gasteiger partial charge in [0.05, 0.1) is 15.6 Å². The lowest BCUT2D eigenvalue weighted by Gasteiger charge is -2.28. The summed E-state index contributed by atoms with van der Waals surface area (Å²) in [5, 5.41) is 18.7. The van der Waals surface area contributed by atoms with E-state index in [0.29, 0.717) is 11.3 Å². The van der Waals surface area contributed by atoms with Crippen LogP contribution in [0.1, 0.15) is 41.6 Å². The molecule has 0 bridgehead atoms. The smallest absolute Gasteiger partial charge is 0.326 e. The maximum Gasteiger partial charge on any atom is 0.326 e. The summed E-state index contributed by atoms with van der Waals surface area (Å²) in [6, 6.07) is 10.6. The highest BCUT2D eigenvalue weighted by Crippen LogP contribution is 2.27. The first-order chi connectivity index (χ1) is 17.8. The SMILES string of the molecule is O=C(N[C@@H](Cc1ccc(NC(=O)C2CCC(Nc3ncc[nH]3)CC2)cc1)C(=O)O)c1c(Cl)cccc1Cl. The fraction of sp³-hybridized carbons (Fsp3) is 0.308. The Kier molecular flexibility index (Phi) is 8.68. The third-order valence-corrected chi connectivity index (χ3v) is 7.02. The molecule has 0 saturated heterocycles. The summed E-state index contributed by atoms with van der Waals surface area (Å²) in [5.74, 6) is -1.22. The Hall–Kier alpha value is -3.56. The number of aromatic nitrogens is 2. The van der Waals surface area contributed by atoms with Crippen LogP contribution in [0, 0.1) is 5.92 Å². The number of halogens is 2. The second kappa shape index (κ2) is 12.1. The van der Waals surface area contributed by atoms with E-state index in [1.54, 1.807) is 42.7 Å². The Morgan fingerprint density at radius 2 is 1.70 bits per heavy atom. The van der Waals surface area contributed by atoms with Crippen LogP contribution in [0.25, 0.3) is 0 Å². The summed E-state index contributed by atoms with van der Waals surface area (Å²) in [5.41, 5.74) is 1.34. The molecule has 3 aromatic rings. The predicted octanol–water partition coefficient (Wildman–Crippen LogP) is 4.75. The molecule has 5 N–H and O–H groups in total. The van der Waals surface area contributed by atoms with E-state index in [0.717, 1.165) is 31.6 Å². The van der Waals surface area contributed by atoms with Gasteiger partial charge in [0.2, 0.25) is 5.91 Å². The number of H-pyrrole nitrogens is 1. The molecular formula is C26H27Cl2N5O4. The first-order valence-electron chi connectivity index (χ1n) is 11.9. The van der Waals surface area contributed by atoms with E-state index in [9.17, 15) is 19.5 Å². The summed E-state index contributed by atoms with van der Waals surface area (Å²) in [4.78, 5) is 44.4. The van der Waals surface area contributed by atoms with Crippen LogP contribution in [-0.2, 0) is 16.0 Å². The van der Waals surface area contributed by atoms with Crippen LogP contribution in [0.2, 0.25) is 10.0 Å². The number of anilines is 2. The van der Waals surface area contributed by atoms with Crippen LogP contribution in [-0.4, -0.2) is 44.9 Å². The number of hydrogen-bond acceptors (Lipinski definition) is 5. The van der Waals surface area contributed by atoms with Gasteiger partial charge in [0.25, 0.3) is 5.91 Å². The number of aromatic amines is 1. The van der Waals surface area contributed by atoms with E-state index in [-0.39, 0.29) is 39.9 Å². The fourth-order valence-corrected chi connectivity index (χ4v) is 4.96. The molecule has 9 nitrogen and oxygen atoms in total. The van der Waals surface area contributed by atoms with Crippen molar-refractivity contribution in [2.24, 2.45) is 5.92 Å². The van der Waals surface area contributed by atoms with E-state index in [4.69, 9.17) is 23.2 Å². The normalized spacial score (nSPS) is 18.0. The van der Waals surface area contributed by atoms with Gasteiger partial charge >= 0.3 is 5.97 Å². The second-order valence-electron chi connectivity index (χ2n) is 8.98. The second-order valence-corrected chi connectivity index (χ2v) is 9.80. The monoisotopic (exact) mass is 543 g/mol. The molecule has 1 fully saturated rings. The van der Waals surface area contributed by atoms with Gasteiger partial charge in [0.1, 0.15) is 6.04 Å². The van der Waals surface area contributed by atoms with E-state index in [1.807, 2.05) is 0 Å². The van der Waals surface area contributed by atoms with Gasteiger partial charge in [-0.05, 0) is 55.5 Å². The van der Waals surface area contributed by atoms with Gasteiger partial charge in [0, 0.05) is 36.5 Å². The summed E-state index contributed by atoms with van der Waals surface area (Å²) >= 11 is 12.1. The number of hydrogen-bond donors (Lipinski definition) is 5. The van der Waals surface area contributed by atoms with Crippen molar-refractivity contribution in [1.29, 1.82) is 0 Å². The molecule has 1 saturated carbocycles. The van der Waals surface area contributed by atoms with Gasteiger partial charge in [-0.2, -0.15) is 0 Å². The number of carbonyl (C=O) groups excluding carboxylic acids is 2. The van der Waals surface area contributed by atoms with Crippen molar-refractivity contribution in [1.82, 2.24) is 15.3 Å². The van der Waals surface area contributed by atoms with Gasteiger partial charge in [-0.25, -0.2) is 9.78 Å². The third kappa shape index (κ3) is 7.02. The minimum absolute atomic E-state index is 0.0286. The number of carbonyl (C=O) groups is 3. The molecule has 1 aromatic heterocycles. The lowest BCUT2D eigenvalue weighted by Crippen LogP contribution is -2.42. The first-order valence-corrected chi connectivity index (χ1v) is 12.7. The van der Waals surface area contributed by atoms with Crippen molar-refractivity contribution in [3.05, 3.63) is 76.0 Å². The minimum atomic E-state index is -1.19. The Labute approximate surface area is 224 Å². The van der Waals surface area contributed by atoms with Crippen LogP contribution in [0.5, 0.6) is 0 Å². The molecule has 194 valence electrons. The maximum atomic E-state index is 12.8. The largest absolute Gasteiger partial charge is 0.480 e.